The molecule has 0 unspecified atom stereocenters. The number of likely N-dealkylation sites (tertiary alicyclic amines) is 1. The topological polar surface area (TPSA) is 32.8 Å². The molecule has 136 valence electrons. The third kappa shape index (κ3) is 3.03. The fourth-order valence-corrected chi connectivity index (χ4v) is 3.40. The van der Waals surface area contributed by atoms with Crippen LogP contribution in [-0.4, -0.2) is 30.4 Å². The fourth-order valence-electron chi connectivity index (χ4n) is 3.40. The van der Waals surface area contributed by atoms with Gasteiger partial charge < -0.3 is 4.74 Å². The number of rotatable bonds is 2. The van der Waals surface area contributed by atoms with E-state index in [2.05, 4.69) is 0 Å². The molecule has 0 radical (unpaired) electrons. The minimum absolute atomic E-state index is 0.128. The highest BCUT2D eigenvalue weighted by Gasteiger charge is 2.35. The van der Waals surface area contributed by atoms with Crippen molar-refractivity contribution in [1.29, 1.82) is 0 Å². The van der Waals surface area contributed by atoms with Crippen molar-refractivity contribution in [2.24, 2.45) is 0 Å². The van der Waals surface area contributed by atoms with Crippen LogP contribution in [0.4, 0.5) is 24.5 Å². The minimum atomic E-state index is -4.49. The van der Waals surface area contributed by atoms with Gasteiger partial charge in [0.1, 0.15) is 0 Å². The molecule has 1 fully saturated rings. The van der Waals surface area contributed by atoms with Gasteiger partial charge in [0.2, 0.25) is 5.91 Å². The van der Waals surface area contributed by atoms with E-state index in [1.54, 1.807) is 24.3 Å². The van der Waals surface area contributed by atoms with E-state index < -0.39 is 11.7 Å². The lowest BCUT2D eigenvalue weighted by Crippen LogP contribution is -2.38. The molecule has 2 aromatic carbocycles. The highest BCUT2D eigenvalue weighted by molar-refractivity contribution is 6.05. The number of fused-ring (bicyclic) bond motifs is 2. The van der Waals surface area contributed by atoms with Gasteiger partial charge in [-0.25, -0.2) is 0 Å². The molecule has 2 aliphatic heterocycles. The number of alkyl halides is 3. The lowest BCUT2D eigenvalue weighted by Gasteiger charge is -2.32. The number of nitrogens with zero attached hydrogens (tertiary/aromatic N) is 2. The van der Waals surface area contributed by atoms with Crippen molar-refractivity contribution in [2.75, 3.05) is 24.5 Å². The van der Waals surface area contributed by atoms with Crippen LogP contribution in [0.1, 0.15) is 18.4 Å². The molecule has 1 amide bonds. The highest BCUT2D eigenvalue weighted by Crippen LogP contribution is 2.48. The number of carbonyl (C=O) groups excluding carboxylic acids is 1. The largest absolute Gasteiger partial charge is 0.453 e. The van der Waals surface area contributed by atoms with E-state index in [0.717, 1.165) is 38.1 Å². The van der Waals surface area contributed by atoms with Crippen LogP contribution in [0.2, 0.25) is 0 Å². The predicted molar refractivity (Wildman–Crippen MR) is 90.8 cm³/mol. The van der Waals surface area contributed by atoms with E-state index in [4.69, 9.17) is 4.74 Å². The average molecular weight is 362 g/mol. The van der Waals surface area contributed by atoms with Crippen LogP contribution in [0.25, 0.3) is 0 Å². The first-order valence-corrected chi connectivity index (χ1v) is 8.47. The number of hydrogen-bond donors (Lipinski definition) is 0. The molecular formula is C19H17F3N2O2. The molecule has 0 atom stereocenters. The molecule has 7 heteroatoms. The number of halogens is 3. The Morgan fingerprint density at radius 3 is 2.42 bits per heavy atom. The van der Waals surface area contributed by atoms with Crippen LogP contribution < -0.4 is 9.64 Å². The van der Waals surface area contributed by atoms with E-state index in [1.165, 1.54) is 11.0 Å². The summed E-state index contributed by atoms with van der Waals surface area (Å²) in [5.74, 6) is 0.434. The van der Waals surface area contributed by atoms with Crippen LogP contribution >= 0.6 is 0 Å². The van der Waals surface area contributed by atoms with Crippen molar-refractivity contribution in [3.63, 3.8) is 0 Å². The maximum Gasteiger partial charge on any atom is 0.416 e. The molecule has 2 heterocycles. The number of hydrogen-bond acceptors (Lipinski definition) is 3. The molecule has 4 nitrogen and oxygen atoms in total. The first-order chi connectivity index (χ1) is 12.4. The van der Waals surface area contributed by atoms with Crippen molar-refractivity contribution in [1.82, 2.24) is 4.90 Å². The Morgan fingerprint density at radius 1 is 1.00 bits per heavy atom. The minimum Gasteiger partial charge on any atom is -0.453 e. The zero-order chi connectivity index (χ0) is 18.3. The van der Waals surface area contributed by atoms with Gasteiger partial charge in [0.15, 0.2) is 11.5 Å². The van der Waals surface area contributed by atoms with E-state index in [-0.39, 0.29) is 23.9 Å². The summed E-state index contributed by atoms with van der Waals surface area (Å²) < 4.78 is 45.2. The Balaban J connectivity index is 1.77. The normalized spacial score (nSPS) is 16.8. The van der Waals surface area contributed by atoms with Crippen LogP contribution in [-0.2, 0) is 11.0 Å². The molecular weight excluding hydrogens is 345 g/mol. The Bertz CT molecular complexity index is 845. The zero-order valence-corrected chi connectivity index (χ0v) is 13.9. The number of anilines is 2. The average Bonchev–Trinajstić information content (AvgIpc) is 3.11. The van der Waals surface area contributed by atoms with Crippen LogP contribution in [0.3, 0.4) is 0 Å². The van der Waals surface area contributed by atoms with Crippen molar-refractivity contribution in [3.8, 4) is 11.5 Å². The van der Waals surface area contributed by atoms with Crippen LogP contribution in [0.5, 0.6) is 11.5 Å². The first kappa shape index (κ1) is 16.9. The number of carbonyl (C=O) groups is 1. The molecule has 0 bridgehead atoms. The monoisotopic (exact) mass is 362 g/mol. The Hall–Kier alpha value is -2.54. The Kier molecular flexibility index (Phi) is 4.11. The number of amides is 1. The molecule has 0 aliphatic carbocycles. The summed E-state index contributed by atoms with van der Waals surface area (Å²) in [7, 11) is 0. The highest BCUT2D eigenvalue weighted by atomic mass is 19.4. The third-order valence-electron chi connectivity index (χ3n) is 4.66. The summed E-state index contributed by atoms with van der Waals surface area (Å²) in [5, 5.41) is 0. The van der Waals surface area contributed by atoms with Crippen LogP contribution in [0, 0.1) is 0 Å². The lowest BCUT2D eigenvalue weighted by molar-refractivity contribution is -0.137. The number of benzene rings is 2. The maximum atomic E-state index is 13.2. The maximum absolute atomic E-state index is 13.2. The molecule has 0 saturated carbocycles. The number of para-hydroxylation sites is 2. The predicted octanol–water partition coefficient (Wildman–Crippen LogP) is 4.57. The SMILES string of the molecule is O=C(CN1CCCC1)N1c2ccccc2Oc2ccc(C(F)(F)F)cc21. The summed E-state index contributed by atoms with van der Waals surface area (Å²) >= 11 is 0. The van der Waals surface area contributed by atoms with Crippen molar-refractivity contribution in [3.05, 3.63) is 48.0 Å². The van der Waals surface area contributed by atoms with Crippen molar-refractivity contribution < 1.29 is 22.7 Å². The standard InChI is InChI=1S/C19H17F3N2O2/c20-19(21,22)13-7-8-17-15(11-13)24(14-5-1-2-6-16(14)26-17)18(25)12-23-9-3-4-10-23/h1-2,5-8,11H,3-4,9-10,12H2. The number of ether oxygens (including phenoxy) is 1. The van der Waals surface area contributed by atoms with Gasteiger partial charge in [-0.2, -0.15) is 13.2 Å². The zero-order valence-electron chi connectivity index (χ0n) is 13.9. The second kappa shape index (κ2) is 6.32. The van der Waals surface area contributed by atoms with Gasteiger partial charge in [-0.1, -0.05) is 12.1 Å². The quantitative estimate of drug-likeness (QED) is 0.784. The summed E-state index contributed by atoms with van der Waals surface area (Å²) in [6, 6.07) is 10.1. The van der Waals surface area contributed by atoms with Crippen molar-refractivity contribution >= 4 is 17.3 Å². The smallest absolute Gasteiger partial charge is 0.416 e. The first-order valence-electron chi connectivity index (χ1n) is 8.47. The van der Waals surface area contributed by atoms with Gasteiger partial charge in [0, 0.05) is 0 Å². The molecule has 1 saturated heterocycles. The summed E-state index contributed by atoms with van der Waals surface area (Å²) in [5.41, 5.74) is -0.218. The molecule has 0 spiro atoms. The molecule has 2 aliphatic rings. The molecule has 0 N–H and O–H groups in total. The van der Waals surface area contributed by atoms with E-state index in [0.29, 0.717) is 11.4 Å². The third-order valence-corrected chi connectivity index (χ3v) is 4.66. The lowest BCUT2D eigenvalue weighted by atomic mass is 10.1. The van der Waals surface area contributed by atoms with E-state index in [9.17, 15) is 18.0 Å². The van der Waals surface area contributed by atoms with E-state index >= 15 is 0 Å². The fraction of sp³-hybridized carbons (Fsp3) is 0.316. The second-order valence-electron chi connectivity index (χ2n) is 6.46. The molecule has 4 rings (SSSR count). The van der Waals surface area contributed by atoms with Crippen molar-refractivity contribution in [2.45, 2.75) is 19.0 Å². The molecule has 26 heavy (non-hydrogen) atoms. The Morgan fingerprint density at radius 2 is 1.69 bits per heavy atom. The van der Waals surface area contributed by atoms with E-state index in [1.807, 2.05) is 4.90 Å². The van der Waals surface area contributed by atoms with Gasteiger partial charge in [0.05, 0.1) is 23.5 Å². The summed E-state index contributed by atoms with van der Waals surface area (Å²) in [6.45, 7) is 1.82. The summed E-state index contributed by atoms with van der Waals surface area (Å²) in [6.07, 6.45) is -2.43. The van der Waals surface area contributed by atoms with Gasteiger partial charge in [-0.3, -0.25) is 14.6 Å². The van der Waals surface area contributed by atoms with Gasteiger partial charge in [-0.15, -0.1) is 0 Å². The van der Waals surface area contributed by atoms with Crippen LogP contribution in [0.15, 0.2) is 42.5 Å². The summed E-state index contributed by atoms with van der Waals surface area (Å²) in [4.78, 5) is 16.4. The molecule has 0 aromatic heterocycles. The van der Waals surface area contributed by atoms with Gasteiger partial charge in [-0.05, 0) is 56.3 Å². The second-order valence-corrected chi connectivity index (χ2v) is 6.46. The van der Waals surface area contributed by atoms with Gasteiger partial charge >= 0.3 is 6.18 Å². The van der Waals surface area contributed by atoms with Gasteiger partial charge in [0.25, 0.3) is 0 Å². The Labute approximate surface area is 148 Å². The molecule has 2 aromatic rings.